The van der Waals surface area contributed by atoms with Gasteiger partial charge in [-0.2, -0.15) is 0 Å². The first-order valence-electron chi connectivity index (χ1n) is 6.38. The van der Waals surface area contributed by atoms with Gasteiger partial charge in [0.15, 0.2) is 18.2 Å². The maximum Gasteiger partial charge on any atom is 0.266 e. The molecule has 0 unspecified atom stereocenters. The number of rotatable bonds is 2. The van der Waals surface area contributed by atoms with Crippen LogP contribution in [-0.2, 0) is 11.3 Å². The number of aryl methyl sites for hydroxylation is 1. The predicted molar refractivity (Wildman–Crippen MR) is 76.5 cm³/mol. The highest BCUT2D eigenvalue weighted by Gasteiger charge is 2.27. The van der Waals surface area contributed by atoms with E-state index in [0.29, 0.717) is 23.8 Å². The van der Waals surface area contributed by atoms with E-state index in [0.717, 1.165) is 11.1 Å². The number of carbonyl (C=O) groups is 1. The fraction of sp³-hybridized carbons (Fsp3) is 0.200. The quantitative estimate of drug-likeness (QED) is 0.904. The molecule has 2 N–H and O–H groups in total. The van der Waals surface area contributed by atoms with Crippen LogP contribution in [0.25, 0.3) is 0 Å². The van der Waals surface area contributed by atoms with Crippen molar-refractivity contribution < 1.29 is 9.53 Å². The van der Waals surface area contributed by atoms with E-state index >= 15 is 0 Å². The molecule has 0 atom stereocenters. The number of nitrogen functional groups attached to an aromatic ring is 1. The van der Waals surface area contributed by atoms with Gasteiger partial charge >= 0.3 is 0 Å². The minimum absolute atomic E-state index is 0.0178. The average Bonchev–Trinajstić information content (AvgIpc) is 2.42. The molecular formula is C15H15N3O2. The van der Waals surface area contributed by atoms with Gasteiger partial charge in [-0.3, -0.25) is 9.69 Å². The molecule has 0 fully saturated rings. The lowest BCUT2D eigenvalue weighted by atomic mass is 10.1. The van der Waals surface area contributed by atoms with Crippen LogP contribution in [0.4, 0.5) is 11.5 Å². The van der Waals surface area contributed by atoms with Gasteiger partial charge in [0.1, 0.15) is 0 Å². The number of hydrogen-bond acceptors (Lipinski definition) is 4. The van der Waals surface area contributed by atoms with Gasteiger partial charge in [0.2, 0.25) is 0 Å². The first-order valence-corrected chi connectivity index (χ1v) is 6.38. The third-order valence-electron chi connectivity index (χ3n) is 3.19. The number of amides is 1. The van der Waals surface area contributed by atoms with Crippen molar-refractivity contribution in [3.8, 4) is 5.75 Å². The SMILES string of the molecule is Cc1cccc(CN2C(=O)COc3cc(N)cnc32)c1. The summed E-state index contributed by atoms with van der Waals surface area (Å²) in [5, 5.41) is 0. The summed E-state index contributed by atoms with van der Waals surface area (Å²) in [6, 6.07) is 9.74. The standard InChI is InChI=1S/C15H15N3O2/c1-10-3-2-4-11(5-10)8-18-14(19)9-20-13-6-12(16)7-17-15(13)18/h2-7H,8-9,16H2,1H3. The lowest BCUT2D eigenvalue weighted by Crippen LogP contribution is -2.38. The van der Waals surface area contributed by atoms with Crippen LogP contribution < -0.4 is 15.4 Å². The van der Waals surface area contributed by atoms with Crippen LogP contribution in [0, 0.1) is 6.92 Å². The van der Waals surface area contributed by atoms with Crippen molar-refractivity contribution in [2.45, 2.75) is 13.5 Å². The highest BCUT2D eigenvalue weighted by molar-refractivity contribution is 5.96. The molecule has 2 aromatic rings. The molecule has 2 heterocycles. The second kappa shape index (κ2) is 4.85. The van der Waals surface area contributed by atoms with Crippen LogP contribution in [0.2, 0.25) is 0 Å². The molecule has 0 spiro atoms. The lowest BCUT2D eigenvalue weighted by molar-refractivity contribution is -0.121. The van der Waals surface area contributed by atoms with E-state index in [1.807, 2.05) is 25.1 Å². The Bertz CT molecular complexity index is 670. The molecular weight excluding hydrogens is 254 g/mol. The van der Waals surface area contributed by atoms with Gasteiger partial charge in [-0.05, 0) is 12.5 Å². The third kappa shape index (κ3) is 2.30. The third-order valence-corrected chi connectivity index (χ3v) is 3.19. The first-order chi connectivity index (χ1) is 9.63. The van der Waals surface area contributed by atoms with Crippen molar-refractivity contribution in [2.24, 2.45) is 0 Å². The maximum atomic E-state index is 12.1. The normalized spacial score (nSPS) is 13.8. The fourth-order valence-corrected chi connectivity index (χ4v) is 2.25. The smallest absolute Gasteiger partial charge is 0.266 e. The Morgan fingerprint density at radius 3 is 3.05 bits per heavy atom. The summed E-state index contributed by atoms with van der Waals surface area (Å²) in [5.41, 5.74) is 8.43. The van der Waals surface area contributed by atoms with E-state index in [-0.39, 0.29) is 12.5 Å². The number of anilines is 2. The van der Waals surface area contributed by atoms with Gasteiger partial charge in [-0.15, -0.1) is 0 Å². The van der Waals surface area contributed by atoms with Crippen LogP contribution in [-0.4, -0.2) is 17.5 Å². The van der Waals surface area contributed by atoms with Crippen LogP contribution in [0.1, 0.15) is 11.1 Å². The number of nitrogens with two attached hydrogens (primary N) is 1. The lowest BCUT2D eigenvalue weighted by Gasteiger charge is -2.28. The summed E-state index contributed by atoms with van der Waals surface area (Å²) >= 11 is 0. The van der Waals surface area contributed by atoms with E-state index in [1.165, 1.54) is 6.20 Å². The molecule has 1 amide bonds. The number of benzene rings is 1. The van der Waals surface area contributed by atoms with Crippen LogP contribution in [0.5, 0.6) is 5.75 Å². The molecule has 1 aromatic heterocycles. The molecule has 1 aliphatic heterocycles. The summed E-state index contributed by atoms with van der Waals surface area (Å²) in [6.07, 6.45) is 1.53. The van der Waals surface area contributed by atoms with Gasteiger partial charge in [0, 0.05) is 6.07 Å². The molecule has 5 heteroatoms. The van der Waals surface area contributed by atoms with Crippen LogP contribution >= 0.6 is 0 Å². The van der Waals surface area contributed by atoms with E-state index < -0.39 is 0 Å². The van der Waals surface area contributed by atoms with Crippen LogP contribution in [0.15, 0.2) is 36.5 Å². The Kier molecular flexibility index (Phi) is 3.02. The Balaban J connectivity index is 1.95. The van der Waals surface area contributed by atoms with E-state index in [1.54, 1.807) is 11.0 Å². The zero-order valence-electron chi connectivity index (χ0n) is 11.2. The molecule has 1 aromatic carbocycles. The summed E-state index contributed by atoms with van der Waals surface area (Å²) in [6.45, 7) is 2.52. The van der Waals surface area contributed by atoms with Gasteiger partial charge < -0.3 is 10.5 Å². The topological polar surface area (TPSA) is 68.5 Å². The number of nitrogens with zero attached hydrogens (tertiary/aromatic N) is 2. The second-order valence-corrected chi connectivity index (χ2v) is 4.85. The largest absolute Gasteiger partial charge is 0.480 e. The Labute approximate surface area is 117 Å². The van der Waals surface area contributed by atoms with Crippen molar-refractivity contribution in [2.75, 3.05) is 17.2 Å². The number of aromatic nitrogens is 1. The van der Waals surface area contributed by atoms with Crippen molar-refractivity contribution in [1.29, 1.82) is 0 Å². The molecule has 102 valence electrons. The summed E-state index contributed by atoms with van der Waals surface area (Å²) < 4.78 is 5.37. The number of hydrogen-bond donors (Lipinski definition) is 1. The second-order valence-electron chi connectivity index (χ2n) is 4.85. The number of fused-ring (bicyclic) bond motifs is 1. The average molecular weight is 269 g/mol. The molecule has 0 saturated heterocycles. The monoisotopic (exact) mass is 269 g/mol. The van der Waals surface area contributed by atoms with Gasteiger partial charge in [0.05, 0.1) is 18.4 Å². The molecule has 20 heavy (non-hydrogen) atoms. The van der Waals surface area contributed by atoms with E-state index in [4.69, 9.17) is 10.5 Å². The Hall–Kier alpha value is -2.56. The Morgan fingerprint density at radius 1 is 1.40 bits per heavy atom. The maximum absolute atomic E-state index is 12.1. The molecule has 1 aliphatic rings. The molecule has 5 nitrogen and oxygen atoms in total. The van der Waals surface area contributed by atoms with Gasteiger partial charge in [0.25, 0.3) is 5.91 Å². The minimum atomic E-state index is -0.101. The summed E-state index contributed by atoms with van der Waals surface area (Å²) in [5.74, 6) is 0.977. The number of carbonyl (C=O) groups excluding carboxylic acids is 1. The predicted octanol–water partition coefficient (Wildman–Crippen LogP) is 1.90. The zero-order valence-corrected chi connectivity index (χ0v) is 11.2. The van der Waals surface area contributed by atoms with E-state index in [9.17, 15) is 4.79 Å². The summed E-state index contributed by atoms with van der Waals surface area (Å²) in [4.78, 5) is 17.9. The molecule has 0 radical (unpaired) electrons. The fourth-order valence-electron chi connectivity index (χ4n) is 2.25. The zero-order chi connectivity index (χ0) is 14.1. The minimum Gasteiger partial charge on any atom is -0.480 e. The van der Waals surface area contributed by atoms with Gasteiger partial charge in [-0.25, -0.2) is 4.98 Å². The van der Waals surface area contributed by atoms with Crippen molar-refractivity contribution in [3.63, 3.8) is 0 Å². The molecule has 3 rings (SSSR count). The van der Waals surface area contributed by atoms with E-state index in [2.05, 4.69) is 11.1 Å². The highest BCUT2D eigenvalue weighted by atomic mass is 16.5. The molecule has 0 aliphatic carbocycles. The van der Waals surface area contributed by atoms with Crippen LogP contribution in [0.3, 0.4) is 0 Å². The summed E-state index contributed by atoms with van der Waals surface area (Å²) in [7, 11) is 0. The van der Waals surface area contributed by atoms with Crippen molar-refractivity contribution in [1.82, 2.24) is 4.98 Å². The Morgan fingerprint density at radius 2 is 2.25 bits per heavy atom. The molecule has 0 bridgehead atoms. The highest BCUT2D eigenvalue weighted by Crippen LogP contribution is 2.32. The van der Waals surface area contributed by atoms with Gasteiger partial charge in [-0.1, -0.05) is 29.8 Å². The first kappa shape index (κ1) is 12.5. The number of ether oxygens (including phenoxy) is 1. The molecule has 0 saturated carbocycles. The van der Waals surface area contributed by atoms with Crippen molar-refractivity contribution in [3.05, 3.63) is 47.7 Å². The number of pyridine rings is 1. The van der Waals surface area contributed by atoms with Crippen molar-refractivity contribution >= 4 is 17.4 Å².